The second kappa shape index (κ2) is 7.61. The van der Waals surface area contributed by atoms with Crippen molar-refractivity contribution in [1.29, 1.82) is 5.26 Å². The van der Waals surface area contributed by atoms with E-state index in [1.807, 2.05) is 6.07 Å². The van der Waals surface area contributed by atoms with Crippen LogP contribution < -0.4 is 14.9 Å². The smallest absolute Gasteiger partial charge is 0.271 e. The van der Waals surface area contributed by atoms with E-state index in [-0.39, 0.29) is 5.91 Å². The van der Waals surface area contributed by atoms with Gasteiger partial charge in [-0.1, -0.05) is 0 Å². The average molecular weight is 309 g/mol. The van der Waals surface area contributed by atoms with Crippen molar-refractivity contribution in [2.75, 3.05) is 14.2 Å². The number of hydrogen-bond donors (Lipinski definition) is 1. The Kier molecular flexibility index (Phi) is 5.31. The number of rotatable bonds is 5. The van der Waals surface area contributed by atoms with Crippen molar-refractivity contribution in [2.45, 2.75) is 0 Å². The van der Waals surface area contributed by atoms with Gasteiger partial charge in [-0.25, -0.2) is 5.43 Å². The molecule has 0 radical (unpaired) electrons. The van der Waals surface area contributed by atoms with Gasteiger partial charge in [-0.15, -0.1) is 0 Å². The van der Waals surface area contributed by atoms with Crippen LogP contribution in [0, 0.1) is 11.3 Å². The number of hydrogen-bond acceptors (Lipinski definition) is 5. The number of amides is 1. The lowest BCUT2D eigenvalue weighted by Crippen LogP contribution is -2.17. The molecule has 2 aromatic carbocycles. The maximum atomic E-state index is 11.9. The Bertz CT molecular complexity index is 762. The highest BCUT2D eigenvalue weighted by molar-refractivity contribution is 5.95. The van der Waals surface area contributed by atoms with Crippen LogP contribution in [-0.4, -0.2) is 26.3 Å². The first-order valence-electron chi connectivity index (χ1n) is 6.73. The number of ether oxygens (including phenoxy) is 2. The summed E-state index contributed by atoms with van der Waals surface area (Å²) in [7, 11) is 3.11. The first-order valence-corrected chi connectivity index (χ1v) is 6.73. The van der Waals surface area contributed by atoms with Crippen molar-refractivity contribution in [3.05, 3.63) is 59.2 Å². The molecule has 0 saturated carbocycles. The Hall–Kier alpha value is -3.33. The van der Waals surface area contributed by atoms with Crippen LogP contribution in [0.1, 0.15) is 21.5 Å². The Balaban J connectivity index is 2.08. The monoisotopic (exact) mass is 309 g/mol. The number of nitriles is 1. The fourth-order valence-corrected chi connectivity index (χ4v) is 1.86. The summed E-state index contributed by atoms with van der Waals surface area (Å²) in [6.45, 7) is 0. The summed E-state index contributed by atoms with van der Waals surface area (Å²) < 4.78 is 10.4. The second-order valence-electron chi connectivity index (χ2n) is 4.50. The molecule has 0 bridgehead atoms. The van der Waals surface area contributed by atoms with Crippen molar-refractivity contribution in [2.24, 2.45) is 5.10 Å². The Labute approximate surface area is 134 Å². The van der Waals surface area contributed by atoms with Crippen molar-refractivity contribution in [3.63, 3.8) is 0 Å². The van der Waals surface area contributed by atoms with Gasteiger partial charge in [-0.3, -0.25) is 4.79 Å². The van der Waals surface area contributed by atoms with E-state index in [2.05, 4.69) is 10.5 Å². The summed E-state index contributed by atoms with van der Waals surface area (Å²) >= 11 is 0. The number of nitrogens with zero attached hydrogens (tertiary/aromatic N) is 2. The minimum Gasteiger partial charge on any atom is -0.497 e. The number of hydrazone groups is 1. The van der Waals surface area contributed by atoms with Crippen LogP contribution in [0.25, 0.3) is 0 Å². The van der Waals surface area contributed by atoms with E-state index in [9.17, 15) is 4.79 Å². The largest absolute Gasteiger partial charge is 0.497 e. The van der Waals surface area contributed by atoms with Crippen molar-refractivity contribution in [3.8, 4) is 17.6 Å². The fraction of sp³-hybridized carbons (Fsp3) is 0.118. The topological polar surface area (TPSA) is 83.7 Å². The minimum atomic E-state index is -0.368. The molecular weight excluding hydrogens is 294 g/mol. The Morgan fingerprint density at radius 2 is 1.91 bits per heavy atom. The summed E-state index contributed by atoms with van der Waals surface area (Å²) in [5.74, 6) is 0.903. The lowest BCUT2D eigenvalue weighted by atomic mass is 10.1. The molecule has 0 saturated heterocycles. The molecule has 1 N–H and O–H groups in total. The molecule has 0 aliphatic rings. The summed E-state index contributed by atoms with van der Waals surface area (Å²) in [5, 5.41) is 12.6. The minimum absolute atomic E-state index is 0.368. The van der Waals surface area contributed by atoms with Crippen molar-refractivity contribution in [1.82, 2.24) is 5.43 Å². The highest BCUT2D eigenvalue weighted by Gasteiger charge is 2.05. The molecule has 0 aromatic heterocycles. The van der Waals surface area contributed by atoms with Gasteiger partial charge in [-0.2, -0.15) is 10.4 Å². The van der Waals surface area contributed by atoms with Crippen molar-refractivity contribution >= 4 is 12.1 Å². The van der Waals surface area contributed by atoms with E-state index in [0.29, 0.717) is 28.2 Å². The van der Waals surface area contributed by atoms with Crippen molar-refractivity contribution < 1.29 is 14.3 Å². The number of carbonyl (C=O) groups excluding carboxylic acids is 1. The van der Waals surface area contributed by atoms with E-state index in [1.54, 1.807) is 56.7 Å². The predicted octanol–water partition coefficient (Wildman–Crippen LogP) is 2.34. The van der Waals surface area contributed by atoms with Crippen LogP contribution in [0.2, 0.25) is 0 Å². The molecule has 0 heterocycles. The second-order valence-corrected chi connectivity index (χ2v) is 4.50. The number of methoxy groups -OCH3 is 2. The van der Waals surface area contributed by atoms with Gasteiger partial charge in [-0.05, 0) is 42.5 Å². The molecule has 0 aliphatic heterocycles. The quantitative estimate of drug-likeness (QED) is 0.678. The van der Waals surface area contributed by atoms with E-state index < -0.39 is 0 Å². The zero-order valence-corrected chi connectivity index (χ0v) is 12.7. The van der Waals surface area contributed by atoms with Gasteiger partial charge in [0.15, 0.2) is 0 Å². The van der Waals surface area contributed by atoms with Gasteiger partial charge < -0.3 is 9.47 Å². The van der Waals surface area contributed by atoms with Crippen LogP contribution in [0.15, 0.2) is 47.6 Å². The van der Waals surface area contributed by atoms with Gasteiger partial charge in [0.1, 0.15) is 11.5 Å². The molecule has 0 atom stereocenters. The van der Waals surface area contributed by atoms with Crippen LogP contribution in [0.3, 0.4) is 0 Å². The lowest BCUT2D eigenvalue weighted by Gasteiger charge is -2.06. The lowest BCUT2D eigenvalue weighted by molar-refractivity contribution is 0.0955. The Morgan fingerprint density at radius 1 is 1.17 bits per heavy atom. The van der Waals surface area contributed by atoms with E-state index in [4.69, 9.17) is 14.7 Å². The maximum absolute atomic E-state index is 11.9. The van der Waals surface area contributed by atoms with Gasteiger partial charge in [0.2, 0.25) is 0 Å². The predicted molar refractivity (Wildman–Crippen MR) is 85.8 cm³/mol. The first kappa shape index (κ1) is 16.0. The number of nitrogens with one attached hydrogen (secondary N) is 1. The van der Waals surface area contributed by atoms with Gasteiger partial charge >= 0.3 is 0 Å². The molecule has 0 unspecified atom stereocenters. The van der Waals surface area contributed by atoms with Crippen LogP contribution in [0.4, 0.5) is 0 Å². The average Bonchev–Trinajstić information content (AvgIpc) is 2.61. The molecule has 0 aliphatic carbocycles. The van der Waals surface area contributed by atoms with Crippen LogP contribution >= 0.6 is 0 Å². The molecule has 0 fully saturated rings. The third-order valence-corrected chi connectivity index (χ3v) is 3.08. The highest BCUT2D eigenvalue weighted by Crippen LogP contribution is 2.22. The van der Waals surface area contributed by atoms with E-state index in [1.165, 1.54) is 6.21 Å². The van der Waals surface area contributed by atoms with Crippen LogP contribution in [0.5, 0.6) is 11.5 Å². The van der Waals surface area contributed by atoms with Gasteiger partial charge in [0.25, 0.3) is 5.91 Å². The zero-order valence-electron chi connectivity index (χ0n) is 12.7. The number of carbonyl (C=O) groups is 1. The standard InChI is InChI=1S/C17H15N3O3/c1-22-15-7-8-16(23-2)14(9-15)11-19-20-17(21)13-5-3-12(10-18)4-6-13/h3-9,11H,1-2H3,(H,20,21)/b19-11-. The Morgan fingerprint density at radius 3 is 2.52 bits per heavy atom. The van der Waals surface area contributed by atoms with Gasteiger partial charge in [0.05, 0.1) is 32.1 Å². The fourth-order valence-electron chi connectivity index (χ4n) is 1.86. The third-order valence-electron chi connectivity index (χ3n) is 3.08. The third kappa shape index (κ3) is 4.08. The molecule has 2 rings (SSSR count). The molecule has 6 heteroatoms. The summed E-state index contributed by atoms with van der Waals surface area (Å²) in [6, 6.07) is 13.5. The summed E-state index contributed by atoms with van der Waals surface area (Å²) in [4.78, 5) is 11.9. The highest BCUT2D eigenvalue weighted by atomic mass is 16.5. The van der Waals surface area contributed by atoms with E-state index in [0.717, 1.165) is 0 Å². The molecule has 2 aromatic rings. The zero-order chi connectivity index (χ0) is 16.7. The normalized spacial score (nSPS) is 10.1. The SMILES string of the molecule is COc1ccc(OC)c(/C=N\NC(=O)c2ccc(C#N)cc2)c1. The molecule has 23 heavy (non-hydrogen) atoms. The molecule has 1 amide bonds. The van der Waals surface area contributed by atoms with Crippen LogP contribution in [-0.2, 0) is 0 Å². The first-order chi connectivity index (χ1) is 11.2. The van der Waals surface area contributed by atoms with E-state index >= 15 is 0 Å². The summed E-state index contributed by atoms with van der Waals surface area (Å²) in [6.07, 6.45) is 1.48. The number of benzene rings is 2. The molecule has 0 spiro atoms. The molecular formula is C17H15N3O3. The maximum Gasteiger partial charge on any atom is 0.271 e. The van der Waals surface area contributed by atoms with Gasteiger partial charge in [0, 0.05) is 11.1 Å². The molecule has 116 valence electrons. The summed E-state index contributed by atoms with van der Waals surface area (Å²) in [5.41, 5.74) is 4.01. The molecule has 6 nitrogen and oxygen atoms in total.